The van der Waals surface area contributed by atoms with Crippen molar-refractivity contribution in [3.8, 4) is 6.07 Å². The first-order chi connectivity index (χ1) is 7.19. The molecule has 1 aliphatic heterocycles. The summed E-state index contributed by atoms with van der Waals surface area (Å²) in [7, 11) is 0. The number of nitriles is 1. The van der Waals surface area contributed by atoms with Gasteiger partial charge >= 0.3 is 0 Å². The summed E-state index contributed by atoms with van der Waals surface area (Å²) in [6.07, 6.45) is 1.14. The lowest BCUT2D eigenvalue weighted by atomic mass is 10.2. The van der Waals surface area contributed by atoms with Gasteiger partial charge in [0.2, 0.25) is 11.8 Å². The Morgan fingerprint density at radius 1 is 1.47 bits per heavy atom. The minimum Gasteiger partial charge on any atom is -0.302 e. The molecule has 0 radical (unpaired) electrons. The quantitative estimate of drug-likeness (QED) is 0.648. The number of carbonyl (C=O) groups is 2. The largest absolute Gasteiger partial charge is 0.302 e. The van der Waals surface area contributed by atoms with Crippen molar-refractivity contribution >= 4 is 11.8 Å². The summed E-state index contributed by atoms with van der Waals surface area (Å²) in [5.74, 6) is -0.235. The number of rotatable bonds is 5. The average molecular weight is 209 g/mol. The van der Waals surface area contributed by atoms with E-state index in [-0.39, 0.29) is 17.9 Å². The van der Waals surface area contributed by atoms with Crippen molar-refractivity contribution in [2.45, 2.75) is 32.2 Å². The van der Waals surface area contributed by atoms with Crippen LogP contribution in [-0.2, 0) is 9.59 Å². The maximum absolute atomic E-state index is 11.2. The van der Waals surface area contributed by atoms with Crippen LogP contribution in [-0.4, -0.2) is 35.8 Å². The summed E-state index contributed by atoms with van der Waals surface area (Å²) in [6, 6.07) is 1.81. The van der Waals surface area contributed by atoms with Gasteiger partial charge in [-0.1, -0.05) is 6.92 Å². The van der Waals surface area contributed by atoms with Gasteiger partial charge in [0.05, 0.1) is 12.1 Å². The lowest BCUT2D eigenvalue weighted by Gasteiger charge is -2.16. The Morgan fingerprint density at radius 3 is 2.53 bits per heavy atom. The van der Waals surface area contributed by atoms with Crippen molar-refractivity contribution in [2.24, 2.45) is 0 Å². The summed E-state index contributed by atoms with van der Waals surface area (Å²) in [5, 5.41) is 11.7. The summed E-state index contributed by atoms with van der Waals surface area (Å²) in [6.45, 7) is 2.97. The van der Waals surface area contributed by atoms with Crippen molar-refractivity contribution in [3.63, 3.8) is 0 Å². The highest BCUT2D eigenvalue weighted by Gasteiger charge is 2.28. The van der Waals surface area contributed by atoms with Gasteiger partial charge in [0.15, 0.2) is 0 Å². The fourth-order valence-corrected chi connectivity index (χ4v) is 1.59. The maximum Gasteiger partial charge on any atom is 0.229 e. The molecule has 1 N–H and O–H groups in total. The van der Waals surface area contributed by atoms with Crippen LogP contribution in [0.4, 0.5) is 0 Å². The highest BCUT2D eigenvalue weighted by Crippen LogP contribution is 2.12. The van der Waals surface area contributed by atoms with Crippen LogP contribution in [0.2, 0.25) is 0 Å². The van der Waals surface area contributed by atoms with E-state index in [1.807, 2.05) is 6.92 Å². The van der Waals surface area contributed by atoms with Crippen molar-refractivity contribution in [1.82, 2.24) is 10.2 Å². The zero-order chi connectivity index (χ0) is 11.3. The van der Waals surface area contributed by atoms with Crippen LogP contribution in [0.5, 0.6) is 0 Å². The summed E-state index contributed by atoms with van der Waals surface area (Å²) in [5.41, 5.74) is 0. The van der Waals surface area contributed by atoms with Gasteiger partial charge in [-0.15, -0.1) is 0 Å². The zero-order valence-electron chi connectivity index (χ0n) is 8.82. The van der Waals surface area contributed by atoms with Crippen molar-refractivity contribution in [1.29, 1.82) is 5.26 Å². The summed E-state index contributed by atoms with van der Waals surface area (Å²) in [4.78, 5) is 23.7. The molecular weight excluding hydrogens is 194 g/mol. The molecular formula is C10H15N3O2. The van der Waals surface area contributed by atoms with E-state index in [0.29, 0.717) is 32.4 Å². The van der Waals surface area contributed by atoms with Crippen LogP contribution in [0, 0.1) is 11.3 Å². The molecule has 5 nitrogen and oxygen atoms in total. The Labute approximate surface area is 89.0 Å². The number of likely N-dealkylation sites (tertiary alicyclic amines) is 1. The van der Waals surface area contributed by atoms with Crippen molar-refractivity contribution < 1.29 is 9.59 Å². The van der Waals surface area contributed by atoms with Gasteiger partial charge in [-0.05, 0) is 13.0 Å². The topological polar surface area (TPSA) is 73.2 Å². The van der Waals surface area contributed by atoms with Gasteiger partial charge in [0.25, 0.3) is 0 Å². The Balaban J connectivity index is 2.39. The molecule has 82 valence electrons. The normalized spacial score (nSPS) is 18.0. The van der Waals surface area contributed by atoms with Crippen LogP contribution in [0.3, 0.4) is 0 Å². The number of hydrogen-bond donors (Lipinski definition) is 1. The Kier molecular flexibility index (Phi) is 4.25. The van der Waals surface area contributed by atoms with Crippen LogP contribution >= 0.6 is 0 Å². The van der Waals surface area contributed by atoms with Crippen LogP contribution in [0.25, 0.3) is 0 Å². The van der Waals surface area contributed by atoms with E-state index in [2.05, 4.69) is 11.4 Å². The van der Waals surface area contributed by atoms with Gasteiger partial charge in [0.1, 0.15) is 0 Å². The highest BCUT2D eigenvalue weighted by molar-refractivity contribution is 6.01. The highest BCUT2D eigenvalue weighted by atomic mass is 16.2. The Bertz CT molecular complexity index is 280. The smallest absolute Gasteiger partial charge is 0.229 e. The number of amides is 2. The SMILES string of the molecule is CCNC(C#N)CCN1C(=O)CCC1=O. The first kappa shape index (κ1) is 11.7. The van der Waals surface area contributed by atoms with E-state index >= 15 is 0 Å². The lowest BCUT2D eigenvalue weighted by Crippen LogP contribution is -2.35. The minimum absolute atomic E-state index is 0.117. The molecule has 1 heterocycles. The molecule has 0 aromatic heterocycles. The monoisotopic (exact) mass is 209 g/mol. The van der Waals surface area contributed by atoms with Crippen LogP contribution in [0.15, 0.2) is 0 Å². The Morgan fingerprint density at radius 2 is 2.07 bits per heavy atom. The molecule has 1 atom stereocenters. The molecule has 1 unspecified atom stereocenters. The second kappa shape index (κ2) is 5.47. The van der Waals surface area contributed by atoms with E-state index in [1.165, 1.54) is 4.90 Å². The lowest BCUT2D eigenvalue weighted by molar-refractivity contribution is -0.138. The fraction of sp³-hybridized carbons (Fsp3) is 0.700. The molecule has 5 heteroatoms. The number of imide groups is 1. The number of hydrogen-bond acceptors (Lipinski definition) is 4. The van der Waals surface area contributed by atoms with Crippen molar-refractivity contribution in [3.05, 3.63) is 0 Å². The van der Waals surface area contributed by atoms with Gasteiger partial charge in [-0.2, -0.15) is 5.26 Å². The second-order valence-electron chi connectivity index (χ2n) is 3.47. The zero-order valence-corrected chi connectivity index (χ0v) is 8.82. The predicted molar refractivity (Wildman–Crippen MR) is 53.6 cm³/mol. The van der Waals surface area contributed by atoms with E-state index < -0.39 is 0 Å². The fourth-order valence-electron chi connectivity index (χ4n) is 1.59. The van der Waals surface area contributed by atoms with E-state index in [1.54, 1.807) is 0 Å². The van der Waals surface area contributed by atoms with Gasteiger partial charge in [-0.25, -0.2) is 0 Å². The average Bonchev–Trinajstić information content (AvgIpc) is 2.54. The third-order valence-electron chi connectivity index (χ3n) is 2.40. The van der Waals surface area contributed by atoms with Crippen LogP contribution in [0.1, 0.15) is 26.2 Å². The van der Waals surface area contributed by atoms with Crippen molar-refractivity contribution in [2.75, 3.05) is 13.1 Å². The number of nitrogens with one attached hydrogen (secondary N) is 1. The first-order valence-electron chi connectivity index (χ1n) is 5.15. The molecule has 0 aromatic carbocycles. The molecule has 2 amide bonds. The van der Waals surface area contributed by atoms with E-state index in [0.717, 1.165) is 0 Å². The first-order valence-corrected chi connectivity index (χ1v) is 5.15. The number of carbonyl (C=O) groups excluding carboxylic acids is 2. The second-order valence-corrected chi connectivity index (χ2v) is 3.47. The molecule has 0 bridgehead atoms. The molecule has 1 rings (SSSR count). The summed E-state index contributed by atoms with van der Waals surface area (Å²) < 4.78 is 0. The Hall–Kier alpha value is -1.41. The molecule has 0 spiro atoms. The van der Waals surface area contributed by atoms with E-state index in [9.17, 15) is 9.59 Å². The standard InChI is InChI=1S/C10H15N3O2/c1-2-12-8(7-11)5-6-13-9(14)3-4-10(13)15/h8,12H,2-6H2,1H3. The molecule has 1 saturated heterocycles. The van der Waals surface area contributed by atoms with E-state index in [4.69, 9.17) is 5.26 Å². The number of nitrogens with zero attached hydrogens (tertiary/aromatic N) is 2. The molecule has 0 aliphatic carbocycles. The predicted octanol–water partition coefficient (Wildman–Crippen LogP) is 0.0272. The molecule has 0 aromatic rings. The van der Waals surface area contributed by atoms with Crippen LogP contribution < -0.4 is 5.32 Å². The van der Waals surface area contributed by atoms with Gasteiger partial charge < -0.3 is 5.32 Å². The minimum atomic E-state index is -0.281. The third-order valence-corrected chi connectivity index (χ3v) is 2.40. The van der Waals surface area contributed by atoms with Gasteiger partial charge in [0, 0.05) is 19.4 Å². The van der Waals surface area contributed by atoms with Gasteiger partial charge in [-0.3, -0.25) is 14.5 Å². The third kappa shape index (κ3) is 3.03. The molecule has 15 heavy (non-hydrogen) atoms. The summed E-state index contributed by atoms with van der Waals surface area (Å²) >= 11 is 0. The molecule has 1 fully saturated rings. The molecule has 0 saturated carbocycles. The molecule has 1 aliphatic rings. The maximum atomic E-state index is 11.2.